The maximum absolute atomic E-state index is 12.0. The molecule has 0 unspecified atom stereocenters. The van der Waals surface area contributed by atoms with Gasteiger partial charge in [-0.3, -0.25) is 14.4 Å². The van der Waals surface area contributed by atoms with Gasteiger partial charge >= 0.3 is 17.9 Å². The predicted octanol–water partition coefficient (Wildman–Crippen LogP) is 2.24. The standard InChI is InChI=1S/C15H26O6/c1-5-19-13(17)15(4,14(18)20-6-2)10-8-7-9-11-21-12(3)16/h5-11H2,1-4H3. The minimum Gasteiger partial charge on any atom is -0.466 e. The molecule has 0 bridgehead atoms. The third-order valence-electron chi connectivity index (χ3n) is 3.08. The monoisotopic (exact) mass is 302 g/mol. The Labute approximate surface area is 126 Å². The topological polar surface area (TPSA) is 78.9 Å². The van der Waals surface area contributed by atoms with Crippen LogP contribution < -0.4 is 0 Å². The van der Waals surface area contributed by atoms with Crippen LogP contribution in [-0.4, -0.2) is 37.7 Å². The predicted molar refractivity (Wildman–Crippen MR) is 76.5 cm³/mol. The third kappa shape index (κ3) is 7.11. The highest BCUT2D eigenvalue weighted by Crippen LogP contribution is 2.28. The molecule has 0 fully saturated rings. The summed E-state index contributed by atoms with van der Waals surface area (Å²) in [5.41, 5.74) is -1.27. The fourth-order valence-corrected chi connectivity index (χ4v) is 1.84. The van der Waals surface area contributed by atoms with Crippen LogP contribution in [0.15, 0.2) is 0 Å². The second kappa shape index (κ2) is 10.2. The van der Waals surface area contributed by atoms with Gasteiger partial charge in [0.25, 0.3) is 0 Å². The zero-order valence-electron chi connectivity index (χ0n) is 13.4. The summed E-state index contributed by atoms with van der Waals surface area (Å²) < 4.78 is 14.8. The van der Waals surface area contributed by atoms with Crippen LogP contribution in [0.25, 0.3) is 0 Å². The summed E-state index contributed by atoms with van der Waals surface area (Å²) in [6, 6.07) is 0. The Morgan fingerprint density at radius 3 is 1.81 bits per heavy atom. The maximum Gasteiger partial charge on any atom is 0.323 e. The van der Waals surface area contributed by atoms with Gasteiger partial charge in [0, 0.05) is 6.92 Å². The molecular weight excluding hydrogens is 276 g/mol. The molecule has 0 saturated heterocycles. The number of rotatable bonds is 10. The summed E-state index contributed by atoms with van der Waals surface area (Å²) in [4.78, 5) is 34.6. The highest BCUT2D eigenvalue weighted by molar-refractivity contribution is 5.99. The molecule has 0 amide bonds. The average molecular weight is 302 g/mol. The number of hydrogen-bond acceptors (Lipinski definition) is 6. The van der Waals surface area contributed by atoms with E-state index in [9.17, 15) is 14.4 Å². The summed E-state index contributed by atoms with van der Waals surface area (Å²) in [7, 11) is 0. The molecule has 0 radical (unpaired) electrons. The van der Waals surface area contributed by atoms with Crippen molar-refractivity contribution < 1.29 is 28.6 Å². The van der Waals surface area contributed by atoms with Gasteiger partial charge in [0.05, 0.1) is 19.8 Å². The lowest BCUT2D eigenvalue weighted by Gasteiger charge is -2.24. The van der Waals surface area contributed by atoms with Gasteiger partial charge in [0.2, 0.25) is 0 Å². The van der Waals surface area contributed by atoms with Gasteiger partial charge in [-0.2, -0.15) is 0 Å². The zero-order valence-corrected chi connectivity index (χ0v) is 13.4. The Hall–Kier alpha value is -1.59. The zero-order chi connectivity index (χ0) is 16.3. The van der Waals surface area contributed by atoms with Gasteiger partial charge in [-0.1, -0.05) is 12.8 Å². The van der Waals surface area contributed by atoms with E-state index in [4.69, 9.17) is 14.2 Å². The molecular formula is C15H26O6. The second-order valence-electron chi connectivity index (χ2n) is 4.92. The van der Waals surface area contributed by atoms with Gasteiger partial charge in [0.1, 0.15) is 0 Å². The van der Waals surface area contributed by atoms with Crippen LogP contribution in [0, 0.1) is 5.41 Å². The van der Waals surface area contributed by atoms with Crippen LogP contribution in [-0.2, 0) is 28.6 Å². The van der Waals surface area contributed by atoms with Crippen molar-refractivity contribution in [2.75, 3.05) is 19.8 Å². The van der Waals surface area contributed by atoms with Crippen molar-refractivity contribution in [3.05, 3.63) is 0 Å². The number of carbonyl (C=O) groups is 3. The molecule has 0 aliphatic carbocycles. The molecule has 21 heavy (non-hydrogen) atoms. The lowest BCUT2D eigenvalue weighted by atomic mass is 9.84. The van der Waals surface area contributed by atoms with E-state index < -0.39 is 17.4 Å². The van der Waals surface area contributed by atoms with E-state index in [1.807, 2.05) is 0 Å². The summed E-state index contributed by atoms with van der Waals surface area (Å²) in [5.74, 6) is -1.41. The van der Waals surface area contributed by atoms with Crippen molar-refractivity contribution in [2.24, 2.45) is 5.41 Å². The van der Waals surface area contributed by atoms with Gasteiger partial charge in [0.15, 0.2) is 5.41 Å². The number of ether oxygens (including phenoxy) is 3. The Morgan fingerprint density at radius 2 is 1.38 bits per heavy atom. The molecule has 0 rings (SSSR count). The van der Waals surface area contributed by atoms with Gasteiger partial charge < -0.3 is 14.2 Å². The van der Waals surface area contributed by atoms with Gasteiger partial charge in [-0.25, -0.2) is 0 Å². The molecule has 0 spiro atoms. The average Bonchev–Trinajstić information content (AvgIpc) is 2.42. The van der Waals surface area contributed by atoms with E-state index in [2.05, 4.69) is 0 Å². The smallest absolute Gasteiger partial charge is 0.323 e. The molecule has 6 nitrogen and oxygen atoms in total. The molecule has 0 heterocycles. The minimum atomic E-state index is -1.27. The fourth-order valence-electron chi connectivity index (χ4n) is 1.84. The summed E-state index contributed by atoms with van der Waals surface area (Å²) in [6.07, 6.45) is 2.45. The lowest BCUT2D eigenvalue weighted by Crippen LogP contribution is -2.39. The molecule has 0 aromatic carbocycles. The quantitative estimate of drug-likeness (QED) is 0.266. The number of esters is 3. The number of hydrogen-bond donors (Lipinski definition) is 0. The second-order valence-corrected chi connectivity index (χ2v) is 4.92. The highest BCUT2D eigenvalue weighted by atomic mass is 16.6. The molecule has 122 valence electrons. The van der Waals surface area contributed by atoms with Crippen molar-refractivity contribution >= 4 is 17.9 Å². The Bertz CT molecular complexity index is 332. The van der Waals surface area contributed by atoms with Gasteiger partial charge in [-0.15, -0.1) is 0 Å². The third-order valence-corrected chi connectivity index (χ3v) is 3.08. The largest absolute Gasteiger partial charge is 0.466 e. The molecule has 0 N–H and O–H groups in total. The first-order valence-corrected chi connectivity index (χ1v) is 7.36. The van der Waals surface area contributed by atoms with Crippen LogP contribution in [0.1, 0.15) is 53.4 Å². The van der Waals surface area contributed by atoms with E-state index in [0.717, 1.165) is 6.42 Å². The summed E-state index contributed by atoms with van der Waals surface area (Å²) >= 11 is 0. The Balaban J connectivity index is 4.38. The highest BCUT2D eigenvalue weighted by Gasteiger charge is 2.43. The molecule has 6 heteroatoms. The van der Waals surface area contributed by atoms with Gasteiger partial charge in [-0.05, 0) is 33.6 Å². The van der Waals surface area contributed by atoms with E-state index >= 15 is 0 Å². The van der Waals surface area contributed by atoms with E-state index in [1.165, 1.54) is 6.92 Å². The molecule has 0 aliphatic rings. The maximum atomic E-state index is 12.0. The lowest BCUT2D eigenvalue weighted by molar-refractivity contribution is -0.171. The van der Waals surface area contributed by atoms with Crippen molar-refractivity contribution in [1.82, 2.24) is 0 Å². The van der Waals surface area contributed by atoms with Crippen molar-refractivity contribution in [2.45, 2.75) is 53.4 Å². The molecule has 0 atom stereocenters. The first kappa shape index (κ1) is 19.4. The van der Waals surface area contributed by atoms with Crippen LogP contribution in [0.4, 0.5) is 0 Å². The van der Waals surface area contributed by atoms with E-state index in [-0.39, 0.29) is 19.2 Å². The van der Waals surface area contributed by atoms with Crippen LogP contribution >= 0.6 is 0 Å². The Morgan fingerprint density at radius 1 is 0.857 bits per heavy atom. The number of carbonyl (C=O) groups excluding carboxylic acids is 3. The van der Waals surface area contributed by atoms with Crippen molar-refractivity contribution in [1.29, 1.82) is 0 Å². The first-order chi connectivity index (χ1) is 9.88. The SMILES string of the molecule is CCOC(=O)C(C)(CCCCCOC(C)=O)C(=O)OCC. The normalized spacial score (nSPS) is 10.9. The van der Waals surface area contributed by atoms with Crippen LogP contribution in [0.3, 0.4) is 0 Å². The first-order valence-electron chi connectivity index (χ1n) is 7.36. The minimum absolute atomic E-state index is 0.222. The molecule has 0 saturated carbocycles. The van der Waals surface area contributed by atoms with E-state index in [1.54, 1.807) is 20.8 Å². The molecule has 0 aliphatic heterocycles. The Kier molecular flexibility index (Phi) is 9.41. The number of unbranched alkanes of at least 4 members (excludes halogenated alkanes) is 2. The molecule has 0 aromatic heterocycles. The van der Waals surface area contributed by atoms with E-state index in [0.29, 0.717) is 25.9 Å². The summed E-state index contributed by atoms with van der Waals surface area (Å²) in [6.45, 7) is 7.10. The van der Waals surface area contributed by atoms with Crippen LogP contribution in [0.2, 0.25) is 0 Å². The van der Waals surface area contributed by atoms with Crippen molar-refractivity contribution in [3.8, 4) is 0 Å². The van der Waals surface area contributed by atoms with Crippen LogP contribution in [0.5, 0.6) is 0 Å². The van der Waals surface area contributed by atoms with Crippen molar-refractivity contribution in [3.63, 3.8) is 0 Å². The summed E-state index contributed by atoms with van der Waals surface area (Å²) in [5, 5.41) is 0. The molecule has 0 aromatic rings. The fraction of sp³-hybridized carbons (Fsp3) is 0.800.